The molecule has 1 fully saturated rings. The third-order valence-corrected chi connectivity index (χ3v) is 5.56. The van der Waals surface area contributed by atoms with Crippen LogP contribution in [-0.4, -0.2) is 29.9 Å². The molecule has 2 amide bonds. The van der Waals surface area contributed by atoms with E-state index in [1.807, 2.05) is 0 Å². The van der Waals surface area contributed by atoms with Gasteiger partial charge in [-0.3, -0.25) is 19.7 Å². The first kappa shape index (κ1) is 23.3. The molecular weight excluding hydrogens is 434 g/mol. The molecule has 8 nitrogen and oxygen atoms in total. The number of halogens is 1. The van der Waals surface area contributed by atoms with Crippen molar-refractivity contribution in [3.8, 4) is 5.75 Å². The number of amides is 2. The Hall–Kier alpha value is -3.39. The third-order valence-electron chi connectivity index (χ3n) is 5.25. The number of non-ortho nitro benzene ring substituents is 1. The molecule has 2 aromatic carbocycles. The number of nitrogens with zero attached hydrogens (tertiary/aromatic N) is 1. The zero-order valence-electron chi connectivity index (χ0n) is 17.6. The fourth-order valence-corrected chi connectivity index (χ4v) is 3.82. The largest absolute Gasteiger partial charge is 0.497 e. The molecule has 0 spiro atoms. The van der Waals surface area contributed by atoms with E-state index in [1.54, 1.807) is 12.1 Å². The standard InChI is InChI=1S/C23H24ClN3O5/c1-32-18-10-11-19(20(24)14-18)22(28)26-21(23(29)25-16-7-3-2-4-8-16)13-15-6-5-9-17(12-15)27(30)31/h5-6,9-14,16H,2-4,7-8H2,1H3,(H,25,29)(H,26,28). The summed E-state index contributed by atoms with van der Waals surface area (Å²) in [6, 6.07) is 10.4. The van der Waals surface area contributed by atoms with Gasteiger partial charge in [0.25, 0.3) is 17.5 Å². The van der Waals surface area contributed by atoms with Crippen LogP contribution >= 0.6 is 11.6 Å². The molecular formula is C23H24ClN3O5. The summed E-state index contributed by atoms with van der Waals surface area (Å²) in [5.74, 6) is -0.538. The molecule has 2 aromatic rings. The van der Waals surface area contributed by atoms with Crippen LogP contribution in [0.3, 0.4) is 0 Å². The Morgan fingerprint density at radius 3 is 2.56 bits per heavy atom. The van der Waals surface area contributed by atoms with Gasteiger partial charge in [0.2, 0.25) is 0 Å². The van der Waals surface area contributed by atoms with Gasteiger partial charge in [0.1, 0.15) is 11.4 Å². The number of nitrogens with one attached hydrogen (secondary N) is 2. The van der Waals surface area contributed by atoms with Gasteiger partial charge in [-0.2, -0.15) is 0 Å². The van der Waals surface area contributed by atoms with Crippen molar-refractivity contribution >= 4 is 35.2 Å². The van der Waals surface area contributed by atoms with Crippen LogP contribution in [0.5, 0.6) is 5.75 Å². The Labute approximate surface area is 190 Å². The van der Waals surface area contributed by atoms with Crippen LogP contribution < -0.4 is 15.4 Å². The molecule has 0 bridgehead atoms. The number of nitro groups is 1. The maximum atomic E-state index is 13.0. The van der Waals surface area contributed by atoms with Gasteiger partial charge in [-0.1, -0.05) is 43.0 Å². The SMILES string of the molecule is COc1ccc(C(=O)NC(=Cc2cccc([N+](=O)[O-])c2)C(=O)NC2CCCCC2)c(Cl)c1. The molecule has 168 valence electrons. The van der Waals surface area contributed by atoms with Gasteiger partial charge < -0.3 is 15.4 Å². The second-order valence-corrected chi connectivity index (χ2v) is 7.93. The monoisotopic (exact) mass is 457 g/mol. The highest BCUT2D eigenvalue weighted by atomic mass is 35.5. The second-order valence-electron chi connectivity index (χ2n) is 7.52. The van der Waals surface area contributed by atoms with Gasteiger partial charge in [-0.05, 0) is 42.7 Å². The summed E-state index contributed by atoms with van der Waals surface area (Å²) in [6.07, 6.45) is 6.35. The average Bonchev–Trinajstić information content (AvgIpc) is 2.79. The predicted octanol–water partition coefficient (Wildman–Crippen LogP) is 4.48. The van der Waals surface area contributed by atoms with Crippen LogP contribution in [0.4, 0.5) is 5.69 Å². The Kier molecular flexibility index (Phi) is 7.83. The summed E-state index contributed by atoms with van der Waals surface area (Å²) in [5, 5.41) is 16.8. The number of ether oxygens (including phenoxy) is 1. The highest BCUT2D eigenvalue weighted by molar-refractivity contribution is 6.34. The molecule has 2 N–H and O–H groups in total. The number of benzene rings is 2. The molecule has 0 saturated heterocycles. The molecule has 1 aliphatic carbocycles. The molecule has 0 atom stereocenters. The van der Waals surface area contributed by atoms with Crippen LogP contribution in [0.2, 0.25) is 5.02 Å². The lowest BCUT2D eigenvalue weighted by molar-refractivity contribution is -0.384. The lowest BCUT2D eigenvalue weighted by atomic mass is 9.95. The van der Waals surface area contributed by atoms with Crippen LogP contribution in [0.1, 0.15) is 48.0 Å². The molecule has 0 heterocycles. The summed E-state index contributed by atoms with van der Waals surface area (Å²) in [5.41, 5.74) is 0.445. The normalized spacial score (nSPS) is 14.5. The number of rotatable bonds is 7. The Morgan fingerprint density at radius 2 is 1.91 bits per heavy atom. The predicted molar refractivity (Wildman–Crippen MR) is 122 cm³/mol. The van der Waals surface area contributed by atoms with Crippen LogP contribution in [-0.2, 0) is 4.79 Å². The van der Waals surface area contributed by atoms with Crippen molar-refractivity contribution in [2.45, 2.75) is 38.1 Å². The van der Waals surface area contributed by atoms with Gasteiger partial charge >= 0.3 is 0 Å². The van der Waals surface area contributed by atoms with Gasteiger partial charge in [0, 0.05) is 18.2 Å². The summed E-state index contributed by atoms with van der Waals surface area (Å²) in [4.78, 5) is 36.5. The number of carbonyl (C=O) groups excluding carboxylic acids is 2. The zero-order valence-corrected chi connectivity index (χ0v) is 18.4. The van der Waals surface area contributed by atoms with Crippen molar-refractivity contribution in [2.75, 3.05) is 7.11 Å². The summed E-state index contributed by atoms with van der Waals surface area (Å²) < 4.78 is 5.10. The Morgan fingerprint density at radius 1 is 1.16 bits per heavy atom. The number of carbonyl (C=O) groups is 2. The summed E-state index contributed by atoms with van der Waals surface area (Å²) >= 11 is 6.20. The first-order valence-corrected chi connectivity index (χ1v) is 10.7. The van der Waals surface area contributed by atoms with Gasteiger partial charge in [0.05, 0.1) is 22.6 Å². The number of methoxy groups -OCH3 is 1. The van der Waals surface area contributed by atoms with Crippen LogP contribution in [0.25, 0.3) is 6.08 Å². The van der Waals surface area contributed by atoms with Crippen LogP contribution in [0, 0.1) is 10.1 Å². The van der Waals surface area contributed by atoms with Gasteiger partial charge in [-0.15, -0.1) is 0 Å². The van der Waals surface area contributed by atoms with Crippen molar-refractivity contribution in [1.82, 2.24) is 10.6 Å². The molecule has 1 aliphatic rings. The molecule has 0 unspecified atom stereocenters. The van der Waals surface area contributed by atoms with E-state index in [-0.39, 0.29) is 28.0 Å². The molecule has 0 aliphatic heterocycles. The fraction of sp³-hybridized carbons (Fsp3) is 0.304. The molecule has 0 aromatic heterocycles. The molecule has 32 heavy (non-hydrogen) atoms. The smallest absolute Gasteiger partial charge is 0.270 e. The van der Waals surface area contributed by atoms with E-state index >= 15 is 0 Å². The number of hydrogen-bond donors (Lipinski definition) is 2. The minimum atomic E-state index is -0.576. The van der Waals surface area contributed by atoms with Gasteiger partial charge in [-0.25, -0.2) is 0 Å². The van der Waals surface area contributed by atoms with E-state index in [1.165, 1.54) is 43.5 Å². The molecule has 3 rings (SSSR count). The fourth-order valence-electron chi connectivity index (χ4n) is 3.56. The summed E-state index contributed by atoms with van der Waals surface area (Å²) in [6.45, 7) is 0. The van der Waals surface area contributed by atoms with E-state index in [9.17, 15) is 19.7 Å². The van der Waals surface area contributed by atoms with E-state index < -0.39 is 16.7 Å². The van der Waals surface area contributed by atoms with Gasteiger partial charge in [0.15, 0.2) is 0 Å². The zero-order chi connectivity index (χ0) is 23.1. The van der Waals surface area contributed by atoms with Crippen molar-refractivity contribution < 1.29 is 19.2 Å². The third kappa shape index (κ3) is 6.07. The highest BCUT2D eigenvalue weighted by Gasteiger charge is 2.21. The van der Waals surface area contributed by atoms with E-state index in [4.69, 9.17) is 16.3 Å². The van der Waals surface area contributed by atoms with E-state index in [0.717, 1.165) is 32.1 Å². The summed E-state index contributed by atoms with van der Waals surface area (Å²) in [7, 11) is 1.49. The lowest BCUT2D eigenvalue weighted by Crippen LogP contribution is -2.41. The minimum absolute atomic E-state index is 0.0197. The first-order chi connectivity index (χ1) is 15.4. The first-order valence-electron chi connectivity index (χ1n) is 10.3. The van der Waals surface area contributed by atoms with E-state index in [2.05, 4.69) is 10.6 Å². The van der Waals surface area contributed by atoms with Crippen molar-refractivity contribution in [1.29, 1.82) is 0 Å². The minimum Gasteiger partial charge on any atom is -0.497 e. The number of hydrogen-bond acceptors (Lipinski definition) is 5. The molecule has 1 saturated carbocycles. The van der Waals surface area contributed by atoms with Crippen molar-refractivity contribution in [3.05, 3.63) is 74.4 Å². The quantitative estimate of drug-likeness (QED) is 0.362. The lowest BCUT2D eigenvalue weighted by Gasteiger charge is -2.23. The number of nitro benzene ring substituents is 1. The highest BCUT2D eigenvalue weighted by Crippen LogP contribution is 2.23. The maximum absolute atomic E-state index is 13.0. The van der Waals surface area contributed by atoms with Crippen molar-refractivity contribution in [3.63, 3.8) is 0 Å². The van der Waals surface area contributed by atoms with Crippen molar-refractivity contribution in [2.24, 2.45) is 0 Å². The average molecular weight is 458 g/mol. The van der Waals surface area contributed by atoms with E-state index in [0.29, 0.717) is 11.3 Å². The second kappa shape index (κ2) is 10.8. The van der Waals surface area contributed by atoms with Crippen LogP contribution in [0.15, 0.2) is 48.2 Å². The topological polar surface area (TPSA) is 111 Å². The molecule has 0 radical (unpaired) electrons. The Bertz CT molecular complexity index is 1050. The Balaban J connectivity index is 1.89. The molecule has 9 heteroatoms. The maximum Gasteiger partial charge on any atom is 0.270 e.